The highest BCUT2D eigenvalue weighted by Crippen LogP contribution is 2.15. The van der Waals surface area contributed by atoms with Gasteiger partial charge in [0.15, 0.2) is 11.4 Å². The van der Waals surface area contributed by atoms with Crippen LogP contribution in [-0.4, -0.2) is 28.8 Å². The lowest BCUT2D eigenvalue weighted by Crippen LogP contribution is -2.34. The number of methoxy groups -OCH3 is 1. The number of rotatable bonds is 5. The Bertz CT molecular complexity index is 756. The zero-order valence-electron chi connectivity index (χ0n) is 13.2. The smallest absolute Gasteiger partial charge is 0.275 e. The molecule has 0 fully saturated rings. The fourth-order valence-corrected chi connectivity index (χ4v) is 1.91. The quantitative estimate of drug-likeness (QED) is 0.913. The first-order valence-electron chi connectivity index (χ1n) is 7.21. The van der Waals surface area contributed by atoms with Crippen molar-refractivity contribution in [1.29, 1.82) is 0 Å². The molecule has 1 amide bonds. The number of hydrogen-bond donors (Lipinski definition) is 1. The number of hydrogen-bond acceptors (Lipinski definition) is 4. The molecular weight excluding hydrogens is 301 g/mol. The molecule has 1 aromatic carbocycles. The van der Waals surface area contributed by atoms with Crippen LogP contribution in [0.25, 0.3) is 5.69 Å². The number of nitrogens with one attached hydrogen (secondary N) is 1. The van der Waals surface area contributed by atoms with Crippen LogP contribution in [0.15, 0.2) is 35.1 Å². The minimum absolute atomic E-state index is 0.00303. The summed E-state index contributed by atoms with van der Waals surface area (Å²) in [6.45, 7) is 3.80. The van der Waals surface area contributed by atoms with E-state index in [2.05, 4.69) is 10.4 Å². The molecule has 0 radical (unpaired) electrons. The maximum absolute atomic E-state index is 13.0. The van der Waals surface area contributed by atoms with Gasteiger partial charge in [-0.15, -0.1) is 0 Å². The highest BCUT2D eigenvalue weighted by atomic mass is 19.1. The molecule has 1 atom stereocenters. The summed E-state index contributed by atoms with van der Waals surface area (Å²) >= 11 is 0. The van der Waals surface area contributed by atoms with Gasteiger partial charge in [-0.3, -0.25) is 9.59 Å². The monoisotopic (exact) mass is 319 g/mol. The van der Waals surface area contributed by atoms with Crippen molar-refractivity contribution < 1.29 is 13.9 Å². The Balaban J connectivity index is 2.49. The summed E-state index contributed by atoms with van der Waals surface area (Å²) in [5.41, 5.74) is -0.123. The second-order valence-electron chi connectivity index (χ2n) is 5.07. The standard InChI is InChI=1S/C16H18FN3O3/c1-4-10(2)18-16(22)15-13(23-3)9-14(21)20(19-15)12-7-5-11(17)6-8-12/h5-10H,4H2,1-3H3,(H,18,22)/t10-/m0/s1. The molecule has 0 saturated carbocycles. The van der Waals surface area contributed by atoms with E-state index in [4.69, 9.17) is 4.74 Å². The molecule has 1 heterocycles. The molecule has 2 aromatic rings. The molecule has 0 aliphatic carbocycles. The number of ether oxygens (including phenoxy) is 1. The summed E-state index contributed by atoms with van der Waals surface area (Å²) in [5, 5.41) is 6.85. The largest absolute Gasteiger partial charge is 0.494 e. The molecule has 0 aliphatic rings. The van der Waals surface area contributed by atoms with Crippen molar-refractivity contribution in [1.82, 2.24) is 15.1 Å². The van der Waals surface area contributed by atoms with Gasteiger partial charge in [-0.05, 0) is 37.6 Å². The molecule has 122 valence electrons. The number of carbonyl (C=O) groups is 1. The molecule has 23 heavy (non-hydrogen) atoms. The second-order valence-corrected chi connectivity index (χ2v) is 5.07. The van der Waals surface area contributed by atoms with Crippen molar-refractivity contribution in [3.8, 4) is 11.4 Å². The third-order valence-electron chi connectivity index (χ3n) is 3.39. The SMILES string of the molecule is CC[C@H](C)NC(=O)c1nn(-c2ccc(F)cc2)c(=O)cc1OC. The van der Waals surface area contributed by atoms with Crippen molar-refractivity contribution >= 4 is 5.91 Å². The van der Waals surface area contributed by atoms with Gasteiger partial charge < -0.3 is 10.1 Å². The average molecular weight is 319 g/mol. The third kappa shape index (κ3) is 3.74. The van der Waals surface area contributed by atoms with Crippen molar-refractivity contribution in [2.75, 3.05) is 7.11 Å². The molecule has 0 saturated heterocycles. The molecule has 2 rings (SSSR count). The number of aromatic nitrogens is 2. The minimum Gasteiger partial charge on any atom is -0.494 e. The Labute approximate surface area is 132 Å². The minimum atomic E-state index is -0.478. The average Bonchev–Trinajstić information content (AvgIpc) is 2.55. The predicted octanol–water partition coefficient (Wildman–Crippen LogP) is 1.91. The van der Waals surface area contributed by atoms with Gasteiger partial charge in [0.1, 0.15) is 5.82 Å². The van der Waals surface area contributed by atoms with Gasteiger partial charge in [-0.1, -0.05) is 6.92 Å². The van der Waals surface area contributed by atoms with Crippen LogP contribution in [0.4, 0.5) is 4.39 Å². The number of amides is 1. The van der Waals surface area contributed by atoms with Crippen LogP contribution in [0.2, 0.25) is 0 Å². The molecule has 1 aromatic heterocycles. The summed E-state index contributed by atoms with van der Waals surface area (Å²) in [6, 6.07) is 6.39. The Morgan fingerprint density at radius 2 is 2.04 bits per heavy atom. The predicted molar refractivity (Wildman–Crippen MR) is 83.6 cm³/mol. The fourth-order valence-electron chi connectivity index (χ4n) is 1.91. The normalized spacial score (nSPS) is 11.8. The van der Waals surface area contributed by atoms with Crippen LogP contribution in [0, 0.1) is 5.82 Å². The topological polar surface area (TPSA) is 73.2 Å². The molecule has 0 bridgehead atoms. The molecule has 6 nitrogen and oxygen atoms in total. The summed E-state index contributed by atoms with van der Waals surface area (Å²) < 4.78 is 19.1. The fraction of sp³-hybridized carbons (Fsp3) is 0.312. The lowest BCUT2D eigenvalue weighted by Gasteiger charge is -2.14. The highest BCUT2D eigenvalue weighted by molar-refractivity contribution is 5.94. The van der Waals surface area contributed by atoms with Crippen molar-refractivity contribution in [2.24, 2.45) is 0 Å². The number of nitrogens with zero attached hydrogens (tertiary/aromatic N) is 2. The van der Waals surface area contributed by atoms with Crippen molar-refractivity contribution in [3.05, 3.63) is 52.2 Å². The van der Waals surface area contributed by atoms with E-state index in [9.17, 15) is 14.0 Å². The molecular formula is C16H18FN3O3. The van der Waals surface area contributed by atoms with Gasteiger partial charge in [0, 0.05) is 6.04 Å². The van der Waals surface area contributed by atoms with E-state index < -0.39 is 17.3 Å². The summed E-state index contributed by atoms with van der Waals surface area (Å²) in [6.07, 6.45) is 0.756. The molecule has 7 heteroatoms. The molecule has 1 N–H and O–H groups in total. The maximum atomic E-state index is 13.0. The van der Waals surface area contributed by atoms with Gasteiger partial charge in [-0.2, -0.15) is 9.78 Å². The first-order valence-corrected chi connectivity index (χ1v) is 7.21. The summed E-state index contributed by atoms with van der Waals surface area (Å²) in [7, 11) is 1.36. The summed E-state index contributed by atoms with van der Waals surface area (Å²) in [4.78, 5) is 24.4. The van der Waals surface area contributed by atoms with Crippen LogP contribution in [0.3, 0.4) is 0 Å². The Hall–Kier alpha value is -2.70. The zero-order valence-corrected chi connectivity index (χ0v) is 13.2. The maximum Gasteiger partial charge on any atom is 0.275 e. The number of benzene rings is 1. The zero-order chi connectivity index (χ0) is 17.0. The van der Waals surface area contributed by atoms with Crippen molar-refractivity contribution in [3.63, 3.8) is 0 Å². The van der Waals surface area contributed by atoms with Crippen LogP contribution < -0.4 is 15.6 Å². The van der Waals surface area contributed by atoms with Crippen LogP contribution in [0.5, 0.6) is 5.75 Å². The van der Waals surface area contributed by atoms with Crippen LogP contribution in [-0.2, 0) is 0 Å². The van der Waals surface area contributed by atoms with Crippen LogP contribution in [0.1, 0.15) is 30.8 Å². The van der Waals surface area contributed by atoms with Gasteiger partial charge in [0.05, 0.1) is 18.9 Å². The molecule has 0 aliphatic heterocycles. The van der Waals surface area contributed by atoms with Gasteiger partial charge in [0.25, 0.3) is 11.5 Å². The molecule has 0 spiro atoms. The van der Waals surface area contributed by atoms with E-state index in [0.29, 0.717) is 5.69 Å². The van der Waals surface area contributed by atoms with E-state index >= 15 is 0 Å². The Morgan fingerprint density at radius 1 is 1.39 bits per heavy atom. The number of halogens is 1. The van der Waals surface area contributed by atoms with E-state index in [1.54, 1.807) is 0 Å². The van der Waals surface area contributed by atoms with E-state index in [1.807, 2.05) is 13.8 Å². The second kappa shape index (κ2) is 7.04. The lowest BCUT2D eigenvalue weighted by atomic mass is 10.2. The lowest BCUT2D eigenvalue weighted by molar-refractivity contribution is 0.0928. The molecule has 0 unspecified atom stereocenters. The Morgan fingerprint density at radius 3 is 2.61 bits per heavy atom. The third-order valence-corrected chi connectivity index (χ3v) is 3.39. The summed E-state index contributed by atoms with van der Waals surface area (Å²) in [5.74, 6) is -0.772. The Kier molecular flexibility index (Phi) is 5.10. The van der Waals surface area contributed by atoms with Gasteiger partial charge >= 0.3 is 0 Å². The van der Waals surface area contributed by atoms with E-state index in [-0.39, 0.29) is 17.5 Å². The van der Waals surface area contributed by atoms with E-state index in [0.717, 1.165) is 11.1 Å². The number of carbonyl (C=O) groups excluding carboxylic acids is 1. The van der Waals surface area contributed by atoms with E-state index in [1.165, 1.54) is 37.4 Å². The first-order chi connectivity index (χ1) is 11.0. The highest BCUT2D eigenvalue weighted by Gasteiger charge is 2.19. The van der Waals surface area contributed by atoms with Crippen LogP contribution >= 0.6 is 0 Å². The van der Waals surface area contributed by atoms with Crippen molar-refractivity contribution in [2.45, 2.75) is 26.3 Å². The first kappa shape index (κ1) is 16.7. The van der Waals surface area contributed by atoms with Gasteiger partial charge in [0.2, 0.25) is 0 Å². The van der Waals surface area contributed by atoms with Gasteiger partial charge in [-0.25, -0.2) is 4.39 Å².